The van der Waals surface area contributed by atoms with E-state index in [1.165, 1.54) is 19.4 Å². The van der Waals surface area contributed by atoms with E-state index >= 15 is 0 Å². The van der Waals surface area contributed by atoms with Crippen molar-refractivity contribution < 1.29 is 9.94 Å². The first-order valence-electron chi connectivity index (χ1n) is 6.74. The number of fused-ring (bicyclic) bond motifs is 1. The highest BCUT2D eigenvalue weighted by Crippen LogP contribution is 2.22. The van der Waals surface area contributed by atoms with Crippen molar-refractivity contribution in [2.75, 3.05) is 26.2 Å². The minimum absolute atomic E-state index is 0.195. The molecule has 0 amide bonds. The fraction of sp³-hybridized carbons (Fsp3) is 0.917. The summed E-state index contributed by atoms with van der Waals surface area (Å²) < 4.78 is 5.86. The zero-order chi connectivity index (χ0) is 13.0. The largest absolute Gasteiger partial charge is 0.409 e. The molecular weight excluding hydrogens is 232 g/mol. The van der Waals surface area contributed by atoms with Gasteiger partial charge < -0.3 is 21.0 Å². The Hall–Kier alpha value is -0.850. The van der Waals surface area contributed by atoms with Gasteiger partial charge in [0.05, 0.1) is 12.7 Å². The van der Waals surface area contributed by atoms with Crippen LogP contribution in [0.15, 0.2) is 5.16 Å². The molecule has 6 nitrogen and oxygen atoms in total. The first kappa shape index (κ1) is 13.6. The zero-order valence-corrected chi connectivity index (χ0v) is 11.0. The van der Waals surface area contributed by atoms with Crippen LogP contribution in [0.4, 0.5) is 0 Å². The molecule has 2 aliphatic heterocycles. The number of hydrogen-bond acceptors (Lipinski definition) is 5. The van der Waals surface area contributed by atoms with Gasteiger partial charge in [-0.25, -0.2) is 0 Å². The molecular formula is C12H24N4O2. The van der Waals surface area contributed by atoms with Gasteiger partial charge in [0, 0.05) is 31.6 Å². The summed E-state index contributed by atoms with van der Waals surface area (Å²) in [5.74, 6) is 0.263. The molecule has 3 atom stereocenters. The molecule has 0 aliphatic carbocycles. The molecule has 18 heavy (non-hydrogen) atoms. The van der Waals surface area contributed by atoms with E-state index < -0.39 is 0 Å². The highest BCUT2D eigenvalue weighted by molar-refractivity contribution is 5.80. The molecule has 0 aromatic heterocycles. The van der Waals surface area contributed by atoms with E-state index in [1.807, 2.05) is 6.92 Å². The number of nitrogens with zero attached hydrogens (tertiary/aromatic N) is 2. The van der Waals surface area contributed by atoms with Gasteiger partial charge in [-0.3, -0.25) is 4.90 Å². The lowest BCUT2D eigenvalue weighted by Gasteiger charge is -2.35. The van der Waals surface area contributed by atoms with Crippen molar-refractivity contribution in [3.63, 3.8) is 0 Å². The molecule has 0 bridgehead atoms. The molecule has 6 heteroatoms. The predicted molar refractivity (Wildman–Crippen MR) is 69.8 cm³/mol. The van der Waals surface area contributed by atoms with Crippen LogP contribution in [-0.2, 0) is 4.74 Å². The van der Waals surface area contributed by atoms with Crippen molar-refractivity contribution in [2.24, 2.45) is 10.9 Å². The van der Waals surface area contributed by atoms with Gasteiger partial charge in [0.25, 0.3) is 0 Å². The molecule has 4 N–H and O–H groups in total. The second kappa shape index (κ2) is 6.36. The second-order valence-electron chi connectivity index (χ2n) is 5.35. The van der Waals surface area contributed by atoms with Crippen LogP contribution < -0.4 is 11.1 Å². The van der Waals surface area contributed by atoms with Crippen molar-refractivity contribution in [1.82, 2.24) is 10.2 Å². The van der Waals surface area contributed by atoms with Crippen molar-refractivity contribution in [2.45, 2.75) is 44.4 Å². The average molecular weight is 256 g/mol. The minimum Gasteiger partial charge on any atom is -0.409 e. The summed E-state index contributed by atoms with van der Waals surface area (Å²) in [6.45, 7) is 5.95. The van der Waals surface area contributed by atoms with Crippen LogP contribution in [0.3, 0.4) is 0 Å². The Morgan fingerprint density at radius 2 is 2.50 bits per heavy atom. The third-order valence-electron chi connectivity index (χ3n) is 3.80. The second-order valence-corrected chi connectivity index (χ2v) is 5.35. The number of amidine groups is 1. The topological polar surface area (TPSA) is 83.1 Å². The molecule has 104 valence electrons. The van der Waals surface area contributed by atoms with E-state index in [4.69, 9.17) is 15.7 Å². The predicted octanol–water partition coefficient (Wildman–Crippen LogP) is -0.0358. The number of hydrogen-bond donors (Lipinski definition) is 3. The normalized spacial score (nSPS) is 31.3. The maximum atomic E-state index is 8.51. The van der Waals surface area contributed by atoms with Crippen molar-refractivity contribution in [1.29, 1.82) is 0 Å². The van der Waals surface area contributed by atoms with E-state index in [2.05, 4.69) is 15.4 Å². The van der Waals surface area contributed by atoms with Crippen LogP contribution in [-0.4, -0.2) is 60.4 Å². The van der Waals surface area contributed by atoms with E-state index in [0.29, 0.717) is 12.5 Å². The quantitative estimate of drug-likeness (QED) is 0.278. The Labute approximate surface area is 108 Å². The summed E-state index contributed by atoms with van der Waals surface area (Å²) in [4.78, 5) is 2.53. The van der Waals surface area contributed by atoms with E-state index in [1.54, 1.807) is 0 Å². The van der Waals surface area contributed by atoms with Crippen molar-refractivity contribution in [3.05, 3.63) is 0 Å². The molecule has 0 aromatic carbocycles. The number of rotatable bonds is 5. The third-order valence-corrected chi connectivity index (χ3v) is 3.80. The van der Waals surface area contributed by atoms with E-state index in [0.717, 1.165) is 19.7 Å². The lowest BCUT2D eigenvalue weighted by Crippen LogP contribution is -2.50. The van der Waals surface area contributed by atoms with E-state index in [9.17, 15) is 0 Å². The lowest BCUT2D eigenvalue weighted by molar-refractivity contribution is -0.0476. The Bertz CT molecular complexity index is 298. The standard InChI is InChI=1S/C12H24N4O2/c1-9(5-12(13)15-17)14-6-11-7-16-4-2-3-10(16)8-18-11/h9-11,14,17H,2-8H2,1H3,(H2,13,15). The van der Waals surface area contributed by atoms with Gasteiger partial charge in [-0.1, -0.05) is 5.16 Å². The van der Waals surface area contributed by atoms with Crippen LogP contribution in [0.1, 0.15) is 26.2 Å². The Kier molecular flexibility index (Phi) is 4.79. The molecule has 2 fully saturated rings. The number of morpholine rings is 1. The highest BCUT2D eigenvalue weighted by atomic mass is 16.5. The molecule has 0 aromatic rings. The van der Waals surface area contributed by atoms with Gasteiger partial charge in [0.2, 0.25) is 0 Å². The number of oxime groups is 1. The van der Waals surface area contributed by atoms with Gasteiger partial charge in [0.1, 0.15) is 5.84 Å². The van der Waals surface area contributed by atoms with Crippen LogP contribution >= 0.6 is 0 Å². The number of ether oxygens (including phenoxy) is 1. The van der Waals surface area contributed by atoms with Gasteiger partial charge in [-0.05, 0) is 26.3 Å². The summed E-state index contributed by atoms with van der Waals surface area (Å²) in [6.07, 6.45) is 3.39. The van der Waals surface area contributed by atoms with Crippen LogP contribution in [0, 0.1) is 0 Å². The lowest BCUT2D eigenvalue weighted by atomic mass is 10.1. The Morgan fingerprint density at radius 3 is 3.28 bits per heavy atom. The first-order valence-corrected chi connectivity index (χ1v) is 6.74. The van der Waals surface area contributed by atoms with Gasteiger partial charge in [-0.15, -0.1) is 0 Å². The van der Waals surface area contributed by atoms with Crippen LogP contribution in [0.5, 0.6) is 0 Å². The third kappa shape index (κ3) is 3.57. The van der Waals surface area contributed by atoms with Crippen molar-refractivity contribution in [3.8, 4) is 0 Å². The monoisotopic (exact) mass is 256 g/mol. The summed E-state index contributed by atoms with van der Waals surface area (Å²) >= 11 is 0. The fourth-order valence-electron chi connectivity index (χ4n) is 2.77. The first-order chi connectivity index (χ1) is 8.69. The maximum Gasteiger partial charge on any atom is 0.140 e. The summed E-state index contributed by atoms with van der Waals surface area (Å²) in [5, 5.41) is 14.9. The molecule has 0 radical (unpaired) electrons. The van der Waals surface area contributed by atoms with Crippen LogP contribution in [0.2, 0.25) is 0 Å². The summed E-state index contributed by atoms with van der Waals surface area (Å²) in [7, 11) is 0. The summed E-state index contributed by atoms with van der Waals surface area (Å²) in [5.41, 5.74) is 5.47. The maximum absolute atomic E-state index is 8.51. The van der Waals surface area contributed by atoms with Gasteiger partial charge in [-0.2, -0.15) is 0 Å². The summed E-state index contributed by atoms with van der Waals surface area (Å²) in [6, 6.07) is 0.844. The molecule has 2 saturated heterocycles. The Morgan fingerprint density at radius 1 is 1.67 bits per heavy atom. The SMILES string of the molecule is CC(CC(N)=NO)NCC1CN2CCCC2CO1. The fourth-order valence-corrected chi connectivity index (χ4v) is 2.77. The van der Waals surface area contributed by atoms with Crippen molar-refractivity contribution >= 4 is 5.84 Å². The smallest absolute Gasteiger partial charge is 0.140 e. The number of nitrogens with two attached hydrogens (primary N) is 1. The molecule has 3 unspecified atom stereocenters. The Balaban J connectivity index is 1.67. The average Bonchev–Trinajstić information content (AvgIpc) is 2.83. The molecule has 2 aliphatic rings. The van der Waals surface area contributed by atoms with Gasteiger partial charge >= 0.3 is 0 Å². The van der Waals surface area contributed by atoms with E-state index in [-0.39, 0.29) is 18.0 Å². The number of nitrogens with one attached hydrogen (secondary N) is 1. The molecule has 0 spiro atoms. The molecule has 0 saturated carbocycles. The minimum atomic E-state index is 0.195. The zero-order valence-electron chi connectivity index (χ0n) is 11.0. The molecule has 2 heterocycles. The highest BCUT2D eigenvalue weighted by Gasteiger charge is 2.31. The molecule has 2 rings (SSSR count). The van der Waals surface area contributed by atoms with Crippen LogP contribution in [0.25, 0.3) is 0 Å². The van der Waals surface area contributed by atoms with Gasteiger partial charge in [0.15, 0.2) is 0 Å².